The Kier molecular flexibility index (Phi) is 4.04. The number of fused-ring (bicyclic) bond motifs is 1. The molecule has 1 aliphatic heterocycles. The van der Waals surface area contributed by atoms with Crippen molar-refractivity contribution >= 4 is 17.2 Å². The minimum atomic E-state index is -0.490. The summed E-state index contributed by atoms with van der Waals surface area (Å²) < 4.78 is 5.28. The van der Waals surface area contributed by atoms with Crippen LogP contribution in [0.5, 0.6) is 5.75 Å². The fraction of sp³-hybridized carbons (Fsp3) is 0.211. The quantitative estimate of drug-likeness (QED) is 0.398. The first-order valence-corrected chi connectivity index (χ1v) is 7.79. The fourth-order valence-electron chi connectivity index (χ4n) is 2.97. The van der Waals surface area contributed by atoms with Crippen molar-refractivity contribution in [2.24, 2.45) is 0 Å². The van der Waals surface area contributed by atoms with Crippen molar-refractivity contribution in [3.63, 3.8) is 0 Å². The van der Waals surface area contributed by atoms with Gasteiger partial charge in [0, 0.05) is 35.0 Å². The van der Waals surface area contributed by atoms with Crippen LogP contribution in [-0.2, 0) is 5.54 Å². The third-order valence-corrected chi connectivity index (χ3v) is 4.28. The molecule has 3 rings (SSSR count). The number of ketones is 1. The van der Waals surface area contributed by atoms with Crippen LogP contribution in [0.3, 0.4) is 0 Å². The molecule has 0 saturated carbocycles. The van der Waals surface area contributed by atoms with Gasteiger partial charge < -0.3 is 10.1 Å². The molecule has 0 saturated heterocycles. The van der Waals surface area contributed by atoms with E-state index in [-0.39, 0.29) is 17.0 Å². The van der Waals surface area contributed by atoms with Gasteiger partial charge in [-0.2, -0.15) is 0 Å². The molecule has 1 heterocycles. The van der Waals surface area contributed by atoms with Crippen LogP contribution in [0, 0.1) is 10.1 Å². The van der Waals surface area contributed by atoms with E-state index in [9.17, 15) is 14.9 Å². The van der Waals surface area contributed by atoms with Crippen LogP contribution >= 0.6 is 0 Å². The highest BCUT2D eigenvalue weighted by Gasteiger charge is 2.33. The zero-order valence-electron chi connectivity index (χ0n) is 14.2. The zero-order valence-corrected chi connectivity index (χ0v) is 14.2. The molecule has 0 fully saturated rings. The number of carbonyl (C=O) groups excluding carboxylic acids is 1. The maximum Gasteiger partial charge on any atom is 0.269 e. The molecule has 1 aliphatic rings. The zero-order chi connectivity index (χ0) is 18.2. The van der Waals surface area contributed by atoms with E-state index in [1.165, 1.54) is 30.3 Å². The van der Waals surface area contributed by atoms with Gasteiger partial charge in [0.15, 0.2) is 5.78 Å². The lowest BCUT2D eigenvalue weighted by atomic mass is 9.94. The second-order valence-electron chi connectivity index (χ2n) is 6.39. The highest BCUT2D eigenvalue weighted by Crippen LogP contribution is 2.38. The van der Waals surface area contributed by atoms with Crippen molar-refractivity contribution in [2.75, 3.05) is 7.11 Å². The molecule has 0 radical (unpaired) electrons. The lowest BCUT2D eigenvalue weighted by molar-refractivity contribution is -0.384. The average molecular weight is 338 g/mol. The second-order valence-corrected chi connectivity index (χ2v) is 6.39. The number of hydrogen-bond acceptors (Lipinski definition) is 5. The van der Waals surface area contributed by atoms with Crippen molar-refractivity contribution in [2.45, 2.75) is 19.4 Å². The molecule has 1 N–H and O–H groups in total. The molecule has 0 aliphatic carbocycles. The Morgan fingerprint density at radius 1 is 1.20 bits per heavy atom. The highest BCUT2D eigenvalue weighted by molar-refractivity contribution is 6.09. The van der Waals surface area contributed by atoms with E-state index in [4.69, 9.17) is 4.74 Å². The molecule has 0 unspecified atom stereocenters. The van der Waals surface area contributed by atoms with Crippen LogP contribution in [-0.4, -0.2) is 17.8 Å². The molecular weight excluding hydrogens is 320 g/mol. The summed E-state index contributed by atoms with van der Waals surface area (Å²) in [5, 5.41) is 14.1. The molecule has 6 heteroatoms. The van der Waals surface area contributed by atoms with Gasteiger partial charge in [0.05, 0.1) is 17.6 Å². The largest absolute Gasteiger partial charge is 0.497 e. The molecule has 25 heavy (non-hydrogen) atoms. The molecule has 2 aromatic carbocycles. The van der Waals surface area contributed by atoms with Crippen molar-refractivity contribution in [3.05, 3.63) is 75.3 Å². The van der Waals surface area contributed by atoms with Gasteiger partial charge in [-0.15, -0.1) is 0 Å². The molecule has 0 amide bonds. The van der Waals surface area contributed by atoms with Crippen LogP contribution in [0.4, 0.5) is 5.69 Å². The Hall–Kier alpha value is -3.15. The molecule has 6 nitrogen and oxygen atoms in total. The molecule has 2 aromatic rings. The Morgan fingerprint density at radius 3 is 2.48 bits per heavy atom. The van der Waals surface area contributed by atoms with E-state index in [2.05, 4.69) is 5.32 Å². The van der Waals surface area contributed by atoms with Crippen LogP contribution in [0.15, 0.2) is 48.5 Å². The van der Waals surface area contributed by atoms with Crippen molar-refractivity contribution in [1.29, 1.82) is 0 Å². The van der Waals surface area contributed by atoms with Crippen molar-refractivity contribution < 1.29 is 14.5 Å². The number of allylic oxidation sites excluding steroid dienone is 1. The number of nitro groups is 1. The van der Waals surface area contributed by atoms with Gasteiger partial charge in [0.2, 0.25) is 0 Å². The fourth-order valence-corrected chi connectivity index (χ4v) is 2.97. The summed E-state index contributed by atoms with van der Waals surface area (Å²) >= 11 is 0. The summed E-state index contributed by atoms with van der Waals surface area (Å²) in [6.45, 7) is 4.07. The van der Waals surface area contributed by atoms with Crippen molar-refractivity contribution in [1.82, 2.24) is 5.32 Å². The number of methoxy groups -OCH3 is 1. The van der Waals surface area contributed by atoms with E-state index >= 15 is 0 Å². The molecule has 0 aromatic heterocycles. The van der Waals surface area contributed by atoms with Gasteiger partial charge >= 0.3 is 0 Å². The number of rotatable bonds is 4. The minimum Gasteiger partial charge on any atom is -0.497 e. The third-order valence-electron chi connectivity index (χ3n) is 4.28. The Bertz CT molecular complexity index is 883. The first kappa shape index (κ1) is 16.7. The van der Waals surface area contributed by atoms with E-state index in [1.807, 2.05) is 32.0 Å². The summed E-state index contributed by atoms with van der Waals surface area (Å²) in [5.74, 6) is 0.496. The van der Waals surface area contributed by atoms with Crippen LogP contribution < -0.4 is 10.1 Å². The predicted molar refractivity (Wildman–Crippen MR) is 94.6 cm³/mol. The summed E-state index contributed by atoms with van der Waals surface area (Å²) in [7, 11) is 1.60. The van der Waals surface area contributed by atoms with E-state index < -0.39 is 4.92 Å². The Balaban J connectivity index is 1.97. The van der Waals surface area contributed by atoms with Gasteiger partial charge in [0.25, 0.3) is 5.69 Å². The maximum atomic E-state index is 12.5. The normalized spacial score (nSPS) is 16.2. The molecule has 128 valence electrons. The minimum absolute atomic E-state index is 0.0422. The van der Waals surface area contributed by atoms with Crippen LogP contribution in [0.25, 0.3) is 5.70 Å². The number of nitro benzene ring substituents is 1. The van der Waals surface area contributed by atoms with E-state index in [0.717, 1.165) is 11.1 Å². The lowest BCUT2D eigenvalue weighted by Gasteiger charge is -2.20. The van der Waals surface area contributed by atoms with Crippen LogP contribution in [0.1, 0.15) is 35.3 Å². The standard InChI is InChI=1S/C19H18N2O4/c1-19(2)16-9-8-14(25-3)10-15(16)17(20-19)11-18(22)12-4-6-13(7-5-12)21(23)24/h4-11,20H,1-3H3/b17-11-. The Morgan fingerprint density at radius 2 is 1.88 bits per heavy atom. The Labute approximate surface area is 145 Å². The summed E-state index contributed by atoms with van der Waals surface area (Å²) in [5.41, 5.74) is 2.76. The lowest BCUT2D eigenvalue weighted by Crippen LogP contribution is -2.28. The summed E-state index contributed by atoms with van der Waals surface area (Å²) in [6.07, 6.45) is 1.52. The van der Waals surface area contributed by atoms with Gasteiger partial charge in [-0.3, -0.25) is 14.9 Å². The number of ether oxygens (including phenoxy) is 1. The number of hydrogen-bond donors (Lipinski definition) is 1. The van der Waals surface area contributed by atoms with E-state index in [0.29, 0.717) is 17.0 Å². The van der Waals surface area contributed by atoms with Gasteiger partial charge in [-0.25, -0.2) is 0 Å². The SMILES string of the molecule is COc1ccc2c(c1)/C(=C/C(=O)c1ccc([N+](=O)[O-])cc1)NC2(C)C. The second kappa shape index (κ2) is 6.05. The van der Waals surface area contributed by atoms with Crippen LogP contribution in [0.2, 0.25) is 0 Å². The molecule has 0 spiro atoms. The number of carbonyl (C=O) groups is 1. The maximum absolute atomic E-state index is 12.5. The summed E-state index contributed by atoms with van der Waals surface area (Å²) in [6, 6.07) is 11.4. The van der Waals surface area contributed by atoms with Crippen molar-refractivity contribution in [3.8, 4) is 5.75 Å². The smallest absolute Gasteiger partial charge is 0.269 e. The number of nitrogens with one attached hydrogen (secondary N) is 1. The number of nitrogens with zero attached hydrogens (tertiary/aromatic N) is 1. The number of non-ortho nitro benzene ring substituents is 1. The summed E-state index contributed by atoms with van der Waals surface area (Å²) in [4.78, 5) is 22.8. The monoisotopic (exact) mass is 338 g/mol. The van der Waals surface area contributed by atoms with Gasteiger partial charge in [-0.05, 0) is 43.7 Å². The molecule has 0 bridgehead atoms. The van der Waals surface area contributed by atoms with Gasteiger partial charge in [0.1, 0.15) is 5.75 Å². The predicted octanol–water partition coefficient (Wildman–Crippen LogP) is 3.67. The molecule has 0 atom stereocenters. The third kappa shape index (κ3) is 3.10. The first-order chi connectivity index (χ1) is 11.8. The first-order valence-electron chi connectivity index (χ1n) is 7.79. The molecular formula is C19H18N2O4. The average Bonchev–Trinajstić information content (AvgIpc) is 2.84. The van der Waals surface area contributed by atoms with Gasteiger partial charge in [-0.1, -0.05) is 6.07 Å². The number of benzene rings is 2. The van der Waals surface area contributed by atoms with E-state index in [1.54, 1.807) is 7.11 Å². The topological polar surface area (TPSA) is 81.5 Å². The highest BCUT2D eigenvalue weighted by atomic mass is 16.6.